The minimum absolute atomic E-state index is 0.0605. The van der Waals surface area contributed by atoms with Crippen molar-refractivity contribution in [2.45, 2.75) is 26.8 Å². The van der Waals surface area contributed by atoms with Crippen molar-refractivity contribution in [1.29, 1.82) is 0 Å². The van der Waals surface area contributed by atoms with Crippen molar-refractivity contribution in [2.75, 3.05) is 0 Å². The van der Waals surface area contributed by atoms with Gasteiger partial charge in [0.05, 0.1) is 16.4 Å². The molecule has 0 saturated heterocycles. The summed E-state index contributed by atoms with van der Waals surface area (Å²) in [5.41, 5.74) is 2.78. The summed E-state index contributed by atoms with van der Waals surface area (Å²) < 4.78 is 1.67. The molecule has 0 bridgehead atoms. The summed E-state index contributed by atoms with van der Waals surface area (Å²) in [6.45, 7) is 6.16. The molecule has 0 saturated carbocycles. The van der Waals surface area contributed by atoms with E-state index >= 15 is 0 Å². The van der Waals surface area contributed by atoms with Gasteiger partial charge in [-0.3, -0.25) is 4.79 Å². The van der Waals surface area contributed by atoms with Gasteiger partial charge < -0.3 is 5.32 Å². The topological polar surface area (TPSA) is 46.9 Å². The van der Waals surface area contributed by atoms with Crippen LogP contribution in [0.4, 0.5) is 0 Å². The van der Waals surface area contributed by atoms with Crippen LogP contribution in [-0.4, -0.2) is 21.7 Å². The molecule has 1 atom stereocenters. The molecule has 2 aromatic carbocycles. The van der Waals surface area contributed by atoms with Crippen molar-refractivity contribution < 1.29 is 4.79 Å². The highest BCUT2D eigenvalue weighted by Crippen LogP contribution is 2.28. The molecule has 0 aliphatic rings. The first kappa shape index (κ1) is 18.2. The van der Waals surface area contributed by atoms with E-state index in [9.17, 15) is 4.79 Å². The molecule has 134 valence electrons. The van der Waals surface area contributed by atoms with Crippen LogP contribution in [0.3, 0.4) is 0 Å². The van der Waals surface area contributed by atoms with E-state index in [1.807, 2.05) is 61.5 Å². The quantitative estimate of drug-likeness (QED) is 0.692. The number of hydrogen-bond acceptors (Lipinski definition) is 2. The fourth-order valence-corrected chi connectivity index (χ4v) is 2.79. The van der Waals surface area contributed by atoms with Crippen LogP contribution in [0.2, 0.25) is 5.02 Å². The fourth-order valence-electron chi connectivity index (χ4n) is 2.56. The lowest BCUT2D eigenvalue weighted by molar-refractivity contribution is 0.0922. The second-order valence-electron chi connectivity index (χ2n) is 6.65. The molecule has 1 unspecified atom stereocenters. The lowest BCUT2D eigenvalue weighted by Crippen LogP contribution is -2.37. The van der Waals surface area contributed by atoms with Gasteiger partial charge in [-0.25, -0.2) is 4.68 Å². The predicted octanol–water partition coefficient (Wildman–Crippen LogP) is 4.97. The highest BCUT2D eigenvalue weighted by Gasteiger charge is 2.20. The van der Waals surface area contributed by atoms with E-state index in [1.165, 1.54) is 0 Å². The largest absolute Gasteiger partial charge is 0.348 e. The third-order valence-corrected chi connectivity index (χ3v) is 4.78. The number of nitrogens with one attached hydrogen (secondary N) is 1. The maximum atomic E-state index is 12.9. The van der Waals surface area contributed by atoms with Crippen LogP contribution in [0.25, 0.3) is 16.9 Å². The van der Waals surface area contributed by atoms with Gasteiger partial charge in [0.2, 0.25) is 0 Å². The Labute approximate surface area is 158 Å². The average Bonchev–Trinajstić information content (AvgIpc) is 3.08. The lowest BCUT2D eigenvalue weighted by atomic mass is 10.1. The number of nitrogens with zero attached hydrogens (tertiary/aromatic N) is 2. The highest BCUT2D eigenvalue weighted by molar-refractivity contribution is 6.33. The number of halogens is 1. The zero-order valence-corrected chi connectivity index (χ0v) is 15.9. The smallest absolute Gasteiger partial charge is 0.270 e. The summed E-state index contributed by atoms with van der Waals surface area (Å²) in [5, 5.41) is 8.31. The van der Waals surface area contributed by atoms with Crippen molar-refractivity contribution in [3.63, 3.8) is 0 Å². The van der Waals surface area contributed by atoms with Gasteiger partial charge in [-0.1, -0.05) is 61.8 Å². The summed E-state index contributed by atoms with van der Waals surface area (Å²) in [4.78, 5) is 12.9. The maximum Gasteiger partial charge on any atom is 0.270 e. The van der Waals surface area contributed by atoms with Gasteiger partial charge in [-0.2, -0.15) is 5.10 Å². The Hall–Kier alpha value is -2.59. The Balaban J connectivity index is 2.07. The molecular weight excluding hydrogens is 346 g/mol. The van der Waals surface area contributed by atoms with Crippen molar-refractivity contribution in [3.8, 4) is 16.9 Å². The number of amides is 1. The van der Waals surface area contributed by atoms with Gasteiger partial charge in [0.1, 0.15) is 5.69 Å². The number of benzene rings is 2. The fraction of sp³-hybridized carbons (Fsp3) is 0.238. The molecule has 0 aliphatic carbocycles. The first-order chi connectivity index (χ1) is 12.5. The highest BCUT2D eigenvalue weighted by atomic mass is 35.5. The number of hydrogen-bond donors (Lipinski definition) is 1. The van der Waals surface area contributed by atoms with Crippen LogP contribution in [0.5, 0.6) is 0 Å². The summed E-state index contributed by atoms with van der Waals surface area (Å²) in [7, 11) is 0. The minimum atomic E-state index is -0.152. The molecule has 3 aromatic rings. The SMILES string of the molecule is CC(C)C(C)NC(=O)c1cc(-c2ccccc2Cl)nn1-c1ccccc1. The van der Waals surface area contributed by atoms with Gasteiger partial charge in [-0.15, -0.1) is 0 Å². The first-order valence-electron chi connectivity index (χ1n) is 8.68. The standard InChI is InChI=1S/C21H22ClN3O/c1-14(2)15(3)23-21(26)20-13-19(17-11-7-8-12-18(17)22)24-25(20)16-9-5-4-6-10-16/h4-15H,1-3H3,(H,23,26). The minimum Gasteiger partial charge on any atom is -0.348 e. The zero-order chi connectivity index (χ0) is 18.7. The van der Waals surface area contributed by atoms with E-state index < -0.39 is 0 Å². The second-order valence-corrected chi connectivity index (χ2v) is 7.06. The van der Waals surface area contributed by atoms with Crippen LogP contribution in [0.15, 0.2) is 60.7 Å². The Morgan fingerprint density at radius 2 is 1.69 bits per heavy atom. The monoisotopic (exact) mass is 367 g/mol. The zero-order valence-electron chi connectivity index (χ0n) is 15.1. The molecule has 0 spiro atoms. The van der Waals surface area contributed by atoms with Crippen molar-refractivity contribution in [2.24, 2.45) is 5.92 Å². The normalized spacial score (nSPS) is 12.2. The molecule has 1 aromatic heterocycles. The molecule has 1 heterocycles. The van der Waals surface area contributed by atoms with Gasteiger partial charge >= 0.3 is 0 Å². The Morgan fingerprint density at radius 1 is 1.04 bits per heavy atom. The molecule has 3 rings (SSSR count). The van der Waals surface area contributed by atoms with Crippen molar-refractivity contribution >= 4 is 17.5 Å². The van der Waals surface area contributed by atoms with Crippen molar-refractivity contribution in [1.82, 2.24) is 15.1 Å². The molecule has 0 fully saturated rings. The van der Waals surface area contributed by atoms with E-state index in [1.54, 1.807) is 10.7 Å². The summed E-state index contributed by atoms with van der Waals surface area (Å²) >= 11 is 6.32. The summed E-state index contributed by atoms with van der Waals surface area (Å²) in [6.07, 6.45) is 0. The van der Waals surface area contributed by atoms with Crippen LogP contribution in [0, 0.1) is 5.92 Å². The molecule has 0 radical (unpaired) electrons. The van der Waals surface area contributed by atoms with Gasteiger partial charge in [-0.05, 0) is 37.1 Å². The van der Waals surface area contributed by atoms with Crippen LogP contribution >= 0.6 is 11.6 Å². The molecule has 1 amide bonds. The third-order valence-electron chi connectivity index (χ3n) is 4.45. The van der Waals surface area contributed by atoms with E-state index in [0.717, 1.165) is 11.3 Å². The second kappa shape index (κ2) is 7.75. The molecule has 0 aliphatic heterocycles. The predicted molar refractivity (Wildman–Crippen MR) is 106 cm³/mol. The lowest BCUT2D eigenvalue weighted by Gasteiger charge is -2.17. The van der Waals surface area contributed by atoms with E-state index in [2.05, 4.69) is 24.3 Å². The molecule has 5 heteroatoms. The van der Waals surface area contributed by atoms with E-state index in [-0.39, 0.29) is 11.9 Å². The summed E-state index contributed by atoms with van der Waals surface area (Å²) in [5.74, 6) is 0.191. The molecule has 1 N–H and O–H groups in total. The maximum absolute atomic E-state index is 12.9. The number of rotatable bonds is 5. The van der Waals surface area contributed by atoms with Crippen LogP contribution in [-0.2, 0) is 0 Å². The van der Waals surface area contributed by atoms with Gasteiger partial charge in [0.15, 0.2) is 0 Å². The Bertz CT molecular complexity index is 903. The van der Waals surface area contributed by atoms with E-state index in [4.69, 9.17) is 11.6 Å². The third kappa shape index (κ3) is 3.81. The summed E-state index contributed by atoms with van der Waals surface area (Å²) in [6, 6.07) is 19.0. The Morgan fingerprint density at radius 3 is 2.35 bits per heavy atom. The molecule has 26 heavy (non-hydrogen) atoms. The van der Waals surface area contributed by atoms with E-state index in [0.29, 0.717) is 22.3 Å². The number of carbonyl (C=O) groups excluding carboxylic acids is 1. The number of aromatic nitrogens is 2. The molecule has 4 nitrogen and oxygen atoms in total. The number of para-hydroxylation sites is 1. The molecular formula is C21H22ClN3O. The number of carbonyl (C=O) groups is 1. The van der Waals surface area contributed by atoms with Gasteiger partial charge in [0.25, 0.3) is 5.91 Å². The van der Waals surface area contributed by atoms with Gasteiger partial charge in [0, 0.05) is 11.6 Å². The van der Waals surface area contributed by atoms with Crippen molar-refractivity contribution in [3.05, 3.63) is 71.4 Å². The van der Waals surface area contributed by atoms with Crippen LogP contribution < -0.4 is 5.32 Å². The Kier molecular flexibility index (Phi) is 5.43. The van der Waals surface area contributed by atoms with Crippen LogP contribution in [0.1, 0.15) is 31.3 Å². The first-order valence-corrected chi connectivity index (χ1v) is 9.06. The average molecular weight is 368 g/mol.